The number of pyridine rings is 1. The maximum absolute atomic E-state index is 13.8. The van der Waals surface area contributed by atoms with Crippen LogP contribution in [-0.4, -0.2) is 63.5 Å². The molecule has 39 heavy (non-hydrogen) atoms. The maximum atomic E-state index is 13.8. The number of imidazole rings is 1. The zero-order valence-corrected chi connectivity index (χ0v) is 22.4. The van der Waals surface area contributed by atoms with Crippen LogP contribution in [0.4, 0.5) is 8.78 Å². The van der Waals surface area contributed by atoms with E-state index in [9.17, 15) is 13.6 Å². The molecule has 0 saturated carbocycles. The summed E-state index contributed by atoms with van der Waals surface area (Å²) in [5.41, 5.74) is 4.26. The number of amides is 1. The highest BCUT2D eigenvalue weighted by Gasteiger charge is 2.17. The molecule has 7 nitrogen and oxygen atoms in total. The highest BCUT2D eigenvalue weighted by atomic mass is 19.2. The number of hydrogen-bond donors (Lipinski definition) is 1. The van der Waals surface area contributed by atoms with Gasteiger partial charge in [0, 0.05) is 51.8 Å². The van der Waals surface area contributed by atoms with Crippen molar-refractivity contribution in [3.63, 3.8) is 0 Å². The maximum Gasteiger partial charge on any atom is 0.220 e. The lowest BCUT2D eigenvalue weighted by molar-refractivity contribution is -0.121. The molecule has 0 unspecified atom stereocenters. The highest BCUT2D eigenvalue weighted by molar-refractivity contribution is 5.77. The van der Waals surface area contributed by atoms with Crippen molar-refractivity contribution in [2.24, 2.45) is 0 Å². The van der Waals surface area contributed by atoms with Gasteiger partial charge < -0.3 is 14.8 Å². The number of likely N-dealkylation sites (N-methyl/N-ethyl adjacent to an activating group) is 1. The molecule has 9 heteroatoms. The fraction of sp³-hybridized carbons (Fsp3) is 0.367. The minimum atomic E-state index is -0.896. The molecule has 1 atom stereocenters. The smallest absolute Gasteiger partial charge is 0.220 e. The van der Waals surface area contributed by atoms with Gasteiger partial charge in [-0.05, 0) is 54.9 Å². The van der Waals surface area contributed by atoms with Crippen LogP contribution >= 0.6 is 0 Å². The number of hydrogen-bond acceptors (Lipinski definition) is 5. The molecule has 204 valence electrons. The largest absolute Gasteiger partial charge is 0.350 e. The van der Waals surface area contributed by atoms with Crippen molar-refractivity contribution in [3.8, 4) is 0 Å². The standard InChI is InChI=1S/C30H34F2N6O/c1-21(24-8-5-22(6-9-24)19-37-16-14-36(2)15-17-37)34-29(39)12-11-28-35-27-4-3-13-33-30(27)38(28)20-23-7-10-25(31)26(32)18-23/h3-10,13,18,21H,11-12,14-17,19-20H2,1-2H3,(H,34,39)/t21-/m0/s1. The summed E-state index contributed by atoms with van der Waals surface area (Å²) < 4.78 is 29.1. The Balaban J connectivity index is 1.19. The van der Waals surface area contributed by atoms with Gasteiger partial charge in [0.25, 0.3) is 0 Å². The molecule has 4 aromatic rings. The summed E-state index contributed by atoms with van der Waals surface area (Å²) in [6.07, 6.45) is 2.30. The van der Waals surface area contributed by atoms with Crippen LogP contribution in [0.3, 0.4) is 0 Å². The number of aryl methyl sites for hydroxylation is 1. The second-order valence-electron chi connectivity index (χ2n) is 10.3. The number of aromatic nitrogens is 3. The van der Waals surface area contributed by atoms with Gasteiger partial charge >= 0.3 is 0 Å². The predicted octanol–water partition coefficient (Wildman–Crippen LogP) is 4.32. The van der Waals surface area contributed by atoms with Crippen molar-refractivity contribution in [1.82, 2.24) is 29.7 Å². The molecule has 0 spiro atoms. The van der Waals surface area contributed by atoms with Crippen molar-refractivity contribution in [3.05, 3.63) is 94.9 Å². The molecule has 1 saturated heterocycles. The molecule has 0 aliphatic carbocycles. The van der Waals surface area contributed by atoms with Gasteiger partial charge in [0.15, 0.2) is 17.3 Å². The summed E-state index contributed by atoms with van der Waals surface area (Å²) in [4.78, 5) is 26.8. The third-order valence-electron chi connectivity index (χ3n) is 7.34. The first-order chi connectivity index (χ1) is 18.9. The lowest BCUT2D eigenvalue weighted by Gasteiger charge is -2.32. The number of fused-ring (bicyclic) bond motifs is 1. The Bertz CT molecular complexity index is 1430. The van der Waals surface area contributed by atoms with Gasteiger partial charge in [-0.2, -0.15) is 0 Å². The van der Waals surface area contributed by atoms with E-state index in [2.05, 4.69) is 56.4 Å². The first kappa shape index (κ1) is 26.9. The van der Waals surface area contributed by atoms with E-state index in [1.807, 2.05) is 17.6 Å². The Labute approximate surface area is 227 Å². The SMILES string of the molecule is C[C@H](NC(=O)CCc1nc2cccnc2n1Cc1ccc(F)c(F)c1)c1ccc(CN2CCN(C)CC2)cc1. The monoisotopic (exact) mass is 532 g/mol. The Kier molecular flexibility index (Phi) is 8.28. The predicted molar refractivity (Wildman–Crippen MR) is 147 cm³/mol. The Morgan fingerprint density at radius 1 is 0.974 bits per heavy atom. The van der Waals surface area contributed by atoms with Crippen LogP contribution in [0.25, 0.3) is 11.2 Å². The lowest BCUT2D eigenvalue weighted by Crippen LogP contribution is -2.43. The summed E-state index contributed by atoms with van der Waals surface area (Å²) in [6.45, 7) is 7.55. The van der Waals surface area contributed by atoms with Crippen LogP contribution in [0.2, 0.25) is 0 Å². The van der Waals surface area contributed by atoms with E-state index in [-0.39, 0.29) is 24.9 Å². The fourth-order valence-electron chi connectivity index (χ4n) is 4.98. The summed E-state index contributed by atoms with van der Waals surface area (Å²) in [5.74, 6) is -1.19. The number of halogens is 2. The summed E-state index contributed by atoms with van der Waals surface area (Å²) in [7, 11) is 2.16. The quantitative estimate of drug-likeness (QED) is 0.348. The molecular formula is C30H34F2N6O. The average Bonchev–Trinajstić information content (AvgIpc) is 3.28. The van der Waals surface area contributed by atoms with Gasteiger partial charge in [-0.25, -0.2) is 18.7 Å². The van der Waals surface area contributed by atoms with Gasteiger partial charge in [-0.15, -0.1) is 0 Å². The molecule has 1 amide bonds. The number of carbonyl (C=O) groups is 1. The molecule has 3 heterocycles. The van der Waals surface area contributed by atoms with Crippen molar-refractivity contribution in [2.45, 2.75) is 38.9 Å². The zero-order valence-electron chi connectivity index (χ0n) is 22.4. The van der Waals surface area contributed by atoms with E-state index in [1.54, 1.807) is 18.3 Å². The molecule has 2 aromatic carbocycles. The second-order valence-corrected chi connectivity index (χ2v) is 10.3. The van der Waals surface area contributed by atoms with Crippen molar-refractivity contribution >= 4 is 17.1 Å². The first-order valence-electron chi connectivity index (χ1n) is 13.4. The van der Waals surface area contributed by atoms with Crippen LogP contribution in [0.15, 0.2) is 60.8 Å². The van der Waals surface area contributed by atoms with Gasteiger partial charge in [-0.1, -0.05) is 30.3 Å². The number of carbonyl (C=O) groups excluding carboxylic acids is 1. The number of rotatable bonds is 9. The van der Waals surface area contributed by atoms with Gasteiger partial charge in [-0.3, -0.25) is 9.69 Å². The molecule has 5 rings (SSSR count). The number of piperazine rings is 1. The van der Waals surface area contributed by atoms with E-state index in [4.69, 9.17) is 0 Å². The highest BCUT2D eigenvalue weighted by Crippen LogP contribution is 2.20. The van der Waals surface area contributed by atoms with Crippen LogP contribution in [0.5, 0.6) is 0 Å². The lowest BCUT2D eigenvalue weighted by atomic mass is 10.1. The Morgan fingerprint density at radius 3 is 2.46 bits per heavy atom. The number of benzene rings is 2. The van der Waals surface area contributed by atoms with Crippen LogP contribution in [0.1, 0.15) is 41.9 Å². The van der Waals surface area contributed by atoms with E-state index in [1.165, 1.54) is 11.6 Å². The van der Waals surface area contributed by atoms with E-state index in [0.717, 1.165) is 44.4 Å². The molecule has 1 aliphatic rings. The van der Waals surface area contributed by atoms with Crippen LogP contribution in [-0.2, 0) is 24.3 Å². The molecule has 1 fully saturated rings. The van der Waals surface area contributed by atoms with Gasteiger partial charge in [0.1, 0.15) is 11.3 Å². The minimum absolute atomic E-state index is 0.0802. The van der Waals surface area contributed by atoms with Crippen molar-refractivity contribution in [2.75, 3.05) is 33.2 Å². The minimum Gasteiger partial charge on any atom is -0.350 e. The zero-order chi connectivity index (χ0) is 27.4. The molecule has 1 aliphatic heterocycles. The molecule has 1 N–H and O–H groups in total. The topological polar surface area (TPSA) is 66.3 Å². The second kappa shape index (κ2) is 12.0. The molecular weight excluding hydrogens is 498 g/mol. The number of nitrogens with zero attached hydrogens (tertiary/aromatic N) is 5. The molecule has 2 aromatic heterocycles. The van der Waals surface area contributed by atoms with Gasteiger partial charge in [0.2, 0.25) is 5.91 Å². The molecule has 0 radical (unpaired) electrons. The fourth-order valence-corrected chi connectivity index (χ4v) is 4.98. The number of nitrogens with one attached hydrogen (secondary N) is 1. The van der Waals surface area contributed by atoms with Crippen LogP contribution < -0.4 is 5.32 Å². The average molecular weight is 533 g/mol. The van der Waals surface area contributed by atoms with Crippen LogP contribution in [0, 0.1) is 11.6 Å². The van der Waals surface area contributed by atoms with Crippen molar-refractivity contribution in [1.29, 1.82) is 0 Å². The van der Waals surface area contributed by atoms with Crippen molar-refractivity contribution < 1.29 is 13.6 Å². The first-order valence-corrected chi connectivity index (χ1v) is 13.4. The summed E-state index contributed by atoms with van der Waals surface area (Å²) in [6, 6.07) is 15.8. The van der Waals surface area contributed by atoms with E-state index < -0.39 is 11.6 Å². The van der Waals surface area contributed by atoms with E-state index in [0.29, 0.717) is 29.0 Å². The molecule has 0 bridgehead atoms. The van der Waals surface area contributed by atoms with Gasteiger partial charge in [0.05, 0.1) is 12.6 Å². The third-order valence-corrected chi connectivity index (χ3v) is 7.34. The summed E-state index contributed by atoms with van der Waals surface area (Å²) >= 11 is 0. The summed E-state index contributed by atoms with van der Waals surface area (Å²) in [5, 5.41) is 3.09. The Hall–Kier alpha value is -3.69. The third kappa shape index (κ3) is 6.66. The normalized spacial score (nSPS) is 15.5. The Morgan fingerprint density at radius 2 is 1.72 bits per heavy atom. The van der Waals surface area contributed by atoms with E-state index >= 15 is 0 Å².